The molecule has 1 aliphatic rings. The molecule has 0 radical (unpaired) electrons. The lowest BCUT2D eigenvalue weighted by atomic mass is 10.0. The number of carbonyl (C=O) groups excluding carboxylic acids is 2. The normalized spacial score (nSPS) is 13.4. The smallest absolute Gasteiger partial charge is 0.359 e. The van der Waals surface area contributed by atoms with Crippen molar-refractivity contribution in [2.24, 2.45) is 5.92 Å². The molecule has 1 aliphatic heterocycles. The van der Waals surface area contributed by atoms with Gasteiger partial charge in [0.1, 0.15) is 5.58 Å². The molecule has 0 saturated carbocycles. The van der Waals surface area contributed by atoms with Gasteiger partial charge in [-0.3, -0.25) is 9.48 Å². The minimum atomic E-state index is -0.476. The van der Waals surface area contributed by atoms with E-state index < -0.39 is 11.6 Å². The summed E-state index contributed by atoms with van der Waals surface area (Å²) < 4.78 is 12.4. The van der Waals surface area contributed by atoms with Crippen molar-refractivity contribution in [3.8, 4) is 0 Å². The van der Waals surface area contributed by atoms with Crippen LogP contribution in [-0.4, -0.2) is 39.7 Å². The van der Waals surface area contributed by atoms with Gasteiger partial charge in [-0.15, -0.1) is 0 Å². The molecule has 3 aromatic rings. The third-order valence-corrected chi connectivity index (χ3v) is 5.82. The molecule has 8 nitrogen and oxygen atoms in total. The molecule has 8 heteroatoms. The number of aryl methyl sites for hydroxylation is 1. The Morgan fingerprint density at radius 3 is 2.76 bits per heavy atom. The Kier molecular flexibility index (Phi) is 6.35. The van der Waals surface area contributed by atoms with E-state index >= 15 is 0 Å². The third-order valence-electron chi connectivity index (χ3n) is 5.82. The van der Waals surface area contributed by atoms with Crippen molar-refractivity contribution in [2.75, 3.05) is 13.2 Å². The first-order chi connectivity index (χ1) is 15.8. The summed E-state index contributed by atoms with van der Waals surface area (Å²) in [6.07, 6.45) is 0.687. The van der Waals surface area contributed by atoms with Crippen molar-refractivity contribution in [3.63, 3.8) is 0 Å². The zero-order chi connectivity index (χ0) is 23.7. The molecule has 0 atom stereocenters. The van der Waals surface area contributed by atoms with E-state index in [-0.39, 0.29) is 24.6 Å². The number of amides is 1. The van der Waals surface area contributed by atoms with Crippen LogP contribution in [-0.2, 0) is 35.5 Å². The molecule has 0 bridgehead atoms. The molecule has 0 unspecified atom stereocenters. The highest BCUT2D eigenvalue weighted by Gasteiger charge is 2.31. The number of aromatic nitrogens is 2. The summed E-state index contributed by atoms with van der Waals surface area (Å²) in [7, 11) is 0. The van der Waals surface area contributed by atoms with Crippen LogP contribution in [0.4, 0.5) is 0 Å². The Morgan fingerprint density at radius 1 is 1.24 bits per heavy atom. The highest BCUT2D eigenvalue weighted by atomic mass is 16.5. The highest BCUT2D eigenvalue weighted by Crippen LogP contribution is 2.26. The summed E-state index contributed by atoms with van der Waals surface area (Å²) in [5, 5.41) is 5.29. The van der Waals surface area contributed by atoms with E-state index in [0.717, 1.165) is 22.2 Å². The topological polar surface area (TPSA) is 94.6 Å². The summed E-state index contributed by atoms with van der Waals surface area (Å²) in [4.78, 5) is 39.6. The van der Waals surface area contributed by atoms with Gasteiger partial charge in [-0.05, 0) is 37.0 Å². The lowest BCUT2D eigenvalue weighted by molar-refractivity contribution is -0.131. The number of carbonyl (C=O) groups is 2. The second kappa shape index (κ2) is 9.21. The molecule has 0 spiro atoms. The summed E-state index contributed by atoms with van der Waals surface area (Å²) in [5.74, 6) is -0.211. The third kappa shape index (κ3) is 4.69. The van der Waals surface area contributed by atoms with Gasteiger partial charge >= 0.3 is 11.6 Å². The van der Waals surface area contributed by atoms with Crippen LogP contribution in [0.2, 0.25) is 0 Å². The fourth-order valence-corrected chi connectivity index (χ4v) is 4.32. The maximum atomic E-state index is 13.2. The maximum Gasteiger partial charge on any atom is 0.359 e. The average Bonchev–Trinajstić information content (AvgIpc) is 3.10. The first-order valence-corrected chi connectivity index (χ1v) is 11.3. The Morgan fingerprint density at radius 2 is 2.03 bits per heavy atom. The summed E-state index contributed by atoms with van der Waals surface area (Å²) in [6, 6.07) is 6.99. The van der Waals surface area contributed by atoms with E-state index in [2.05, 4.69) is 18.9 Å². The number of benzene rings is 1. The number of hydrogen-bond acceptors (Lipinski definition) is 6. The fourth-order valence-electron chi connectivity index (χ4n) is 4.32. The van der Waals surface area contributed by atoms with E-state index in [0.29, 0.717) is 43.1 Å². The van der Waals surface area contributed by atoms with Gasteiger partial charge in [0.2, 0.25) is 5.91 Å². The van der Waals surface area contributed by atoms with Crippen LogP contribution in [0.5, 0.6) is 0 Å². The van der Waals surface area contributed by atoms with Gasteiger partial charge in [0.05, 0.1) is 13.0 Å². The predicted molar refractivity (Wildman–Crippen MR) is 123 cm³/mol. The number of ether oxygens (including phenoxy) is 1. The Balaban J connectivity index is 1.62. The van der Waals surface area contributed by atoms with Crippen molar-refractivity contribution in [1.29, 1.82) is 0 Å². The largest absolute Gasteiger partial charge is 0.461 e. The minimum absolute atomic E-state index is 0.0787. The van der Waals surface area contributed by atoms with Gasteiger partial charge in [0, 0.05) is 48.8 Å². The second-order valence-corrected chi connectivity index (χ2v) is 8.90. The molecule has 4 rings (SSSR count). The van der Waals surface area contributed by atoms with Gasteiger partial charge in [-0.25, -0.2) is 9.59 Å². The summed E-state index contributed by atoms with van der Waals surface area (Å²) in [6.45, 7) is 9.64. The van der Waals surface area contributed by atoms with Gasteiger partial charge in [-0.2, -0.15) is 5.10 Å². The number of rotatable bonds is 6. The lowest BCUT2D eigenvalue weighted by Gasteiger charge is -2.28. The summed E-state index contributed by atoms with van der Waals surface area (Å²) >= 11 is 0. The maximum absolute atomic E-state index is 13.2. The molecule has 0 fully saturated rings. The van der Waals surface area contributed by atoms with E-state index in [9.17, 15) is 14.4 Å². The first kappa shape index (κ1) is 22.8. The summed E-state index contributed by atoms with van der Waals surface area (Å²) in [5.41, 5.74) is 3.63. The van der Waals surface area contributed by atoms with Crippen LogP contribution in [0, 0.1) is 12.8 Å². The van der Waals surface area contributed by atoms with Crippen molar-refractivity contribution in [3.05, 3.63) is 62.8 Å². The minimum Gasteiger partial charge on any atom is -0.461 e. The van der Waals surface area contributed by atoms with E-state index in [1.165, 1.54) is 6.07 Å². The molecule has 2 aromatic heterocycles. The van der Waals surface area contributed by atoms with Crippen LogP contribution in [0.15, 0.2) is 33.5 Å². The van der Waals surface area contributed by atoms with Crippen LogP contribution in [0.25, 0.3) is 11.0 Å². The molecular weight excluding hydrogens is 422 g/mol. The molecule has 174 valence electrons. The second-order valence-electron chi connectivity index (χ2n) is 8.90. The van der Waals surface area contributed by atoms with Gasteiger partial charge in [0.15, 0.2) is 5.69 Å². The standard InChI is InChI=1S/C25H29N3O5/c1-5-32-25(31)24-19-14-27(9-8-20(19)28(26-24)13-15(2)3)22(29)11-17-12-23(30)33-21-10-16(4)6-7-18(17)21/h6-7,10,12,15H,5,8-9,11,13-14H2,1-4H3. The molecule has 33 heavy (non-hydrogen) atoms. The highest BCUT2D eigenvalue weighted by molar-refractivity contribution is 5.90. The van der Waals surface area contributed by atoms with E-state index in [4.69, 9.17) is 9.15 Å². The van der Waals surface area contributed by atoms with E-state index in [1.807, 2.05) is 23.7 Å². The van der Waals surface area contributed by atoms with Crippen molar-refractivity contribution in [1.82, 2.24) is 14.7 Å². The fraction of sp³-hybridized carbons (Fsp3) is 0.440. The zero-order valence-electron chi connectivity index (χ0n) is 19.5. The zero-order valence-corrected chi connectivity index (χ0v) is 19.5. The Bertz CT molecular complexity index is 1270. The van der Waals surface area contributed by atoms with Crippen LogP contribution in [0.3, 0.4) is 0 Å². The molecule has 0 saturated heterocycles. The van der Waals surface area contributed by atoms with Gasteiger partial charge in [-0.1, -0.05) is 26.0 Å². The Labute approximate surface area is 192 Å². The molecule has 0 aliphatic carbocycles. The molecular formula is C25H29N3O5. The van der Waals surface area contributed by atoms with Crippen LogP contribution >= 0.6 is 0 Å². The molecule has 1 aromatic carbocycles. The van der Waals surface area contributed by atoms with Crippen LogP contribution in [0.1, 0.15) is 53.6 Å². The number of esters is 1. The van der Waals surface area contributed by atoms with Crippen molar-refractivity contribution in [2.45, 2.75) is 53.6 Å². The van der Waals surface area contributed by atoms with E-state index in [1.54, 1.807) is 17.9 Å². The quantitative estimate of drug-likeness (QED) is 0.422. The molecule has 3 heterocycles. The van der Waals surface area contributed by atoms with Crippen molar-refractivity contribution >= 4 is 22.8 Å². The average molecular weight is 452 g/mol. The number of nitrogens with zero attached hydrogens (tertiary/aromatic N) is 3. The first-order valence-electron chi connectivity index (χ1n) is 11.3. The molecule has 1 amide bonds. The van der Waals surface area contributed by atoms with Crippen LogP contribution < -0.4 is 5.63 Å². The Hall–Kier alpha value is -3.42. The SMILES string of the molecule is CCOC(=O)c1nn(CC(C)C)c2c1CN(C(=O)Cc1cc(=O)oc3cc(C)ccc13)CC2. The predicted octanol–water partition coefficient (Wildman–Crippen LogP) is 3.26. The lowest BCUT2D eigenvalue weighted by Crippen LogP contribution is -2.38. The monoisotopic (exact) mass is 451 g/mol. The number of hydrogen-bond donors (Lipinski definition) is 0. The molecule has 0 N–H and O–H groups in total. The van der Waals surface area contributed by atoms with Gasteiger partial charge < -0.3 is 14.1 Å². The van der Waals surface area contributed by atoms with Gasteiger partial charge in [0.25, 0.3) is 0 Å². The number of fused-ring (bicyclic) bond motifs is 2. The van der Waals surface area contributed by atoms with Crippen molar-refractivity contribution < 1.29 is 18.7 Å².